The molecule has 4 aromatic rings. The van der Waals surface area contributed by atoms with Crippen LogP contribution in [0.1, 0.15) is 28.4 Å². The van der Waals surface area contributed by atoms with Gasteiger partial charge in [0.05, 0.1) is 43.8 Å². The molecule has 13 heteroatoms. The lowest BCUT2D eigenvalue weighted by molar-refractivity contribution is -0.137. The highest BCUT2D eigenvalue weighted by Crippen LogP contribution is 2.31. The van der Waals surface area contributed by atoms with Crippen LogP contribution < -0.4 is 4.74 Å². The number of nitrogens with zero attached hydrogens (tertiary/aromatic N) is 6. The molecule has 0 aliphatic carbocycles. The van der Waals surface area contributed by atoms with Crippen LogP contribution in [0.2, 0.25) is 0 Å². The SMILES string of the molecule is CCOC(=O)c1cnn(-c2nc(OC)c3c(cnn3Cc3cc(F)cc(C(F)(F)F)c3)n2)c1. The third-order valence-electron chi connectivity index (χ3n) is 4.55. The van der Waals surface area contributed by atoms with Crippen LogP contribution in [0.3, 0.4) is 0 Å². The van der Waals surface area contributed by atoms with E-state index < -0.39 is 23.5 Å². The lowest BCUT2D eigenvalue weighted by atomic mass is 10.1. The summed E-state index contributed by atoms with van der Waals surface area (Å²) in [5.74, 6) is -1.44. The molecule has 1 aromatic carbocycles. The second kappa shape index (κ2) is 8.48. The number of methoxy groups -OCH3 is 1. The smallest absolute Gasteiger partial charge is 0.416 e. The number of hydrogen-bond donors (Lipinski definition) is 0. The first-order chi connectivity index (χ1) is 15.7. The number of fused-ring (bicyclic) bond motifs is 1. The van der Waals surface area contributed by atoms with Gasteiger partial charge in [-0.15, -0.1) is 0 Å². The lowest BCUT2D eigenvalue weighted by Crippen LogP contribution is -2.10. The van der Waals surface area contributed by atoms with E-state index in [9.17, 15) is 22.4 Å². The van der Waals surface area contributed by atoms with Crippen molar-refractivity contribution in [1.29, 1.82) is 0 Å². The zero-order valence-electron chi connectivity index (χ0n) is 17.3. The summed E-state index contributed by atoms with van der Waals surface area (Å²) in [5.41, 5.74) is -0.267. The summed E-state index contributed by atoms with van der Waals surface area (Å²) in [6.07, 6.45) is -0.647. The summed E-state index contributed by atoms with van der Waals surface area (Å²) in [6.45, 7) is 1.70. The van der Waals surface area contributed by atoms with Crippen LogP contribution in [0.15, 0.2) is 36.8 Å². The molecule has 0 amide bonds. The number of aromatic nitrogens is 6. The van der Waals surface area contributed by atoms with E-state index in [1.54, 1.807) is 6.92 Å². The molecule has 0 spiro atoms. The van der Waals surface area contributed by atoms with Crippen LogP contribution in [0.25, 0.3) is 17.0 Å². The van der Waals surface area contributed by atoms with Crippen LogP contribution in [0, 0.1) is 5.82 Å². The van der Waals surface area contributed by atoms with Gasteiger partial charge >= 0.3 is 12.1 Å². The first kappa shape index (κ1) is 22.2. The molecule has 9 nitrogen and oxygen atoms in total. The van der Waals surface area contributed by atoms with E-state index in [4.69, 9.17) is 9.47 Å². The predicted molar refractivity (Wildman–Crippen MR) is 105 cm³/mol. The Morgan fingerprint density at radius 3 is 2.61 bits per heavy atom. The monoisotopic (exact) mass is 464 g/mol. The second-order valence-corrected chi connectivity index (χ2v) is 6.81. The lowest BCUT2D eigenvalue weighted by Gasteiger charge is -2.11. The minimum absolute atomic E-state index is 0.0459. The van der Waals surface area contributed by atoms with Gasteiger partial charge in [-0.1, -0.05) is 0 Å². The van der Waals surface area contributed by atoms with Crippen molar-refractivity contribution in [3.8, 4) is 11.8 Å². The summed E-state index contributed by atoms with van der Waals surface area (Å²) >= 11 is 0. The average Bonchev–Trinajstić information content (AvgIpc) is 3.40. The Bertz CT molecular complexity index is 1330. The maximum atomic E-state index is 13.8. The Balaban J connectivity index is 1.71. The average molecular weight is 464 g/mol. The van der Waals surface area contributed by atoms with E-state index in [0.29, 0.717) is 11.6 Å². The number of benzene rings is 1. The van der Waals surface area contributed by atoms with E-state index in [1.807, 2.05) is 0 Å². The third kappa shape index (κ3) is 4.47. The van der Waals surface area contributed by atoms with Crippen molar-refractivity contribution >= 4 is 17.0 Å². The number of alkyl halides is 3. The zero-order chi connectivity index (χ0) is 23.8. The summed E-state index contributed by atoms with van der Waals surface area (Å²) in [6, 6.07) is 2.26. The van der Waals surface area contributed by atoms with Crippen molar-refractivity contribution in [1.82, 2.24) is 29.5 Å². The van der Waals surface area contributed by atoms with Gasteiger partial charge in [-0.25, -0.2) is 18.9 Å². The van der Waals surface area contributed by atoms with Crippen LogP contribution >= 0.6 is 0 Å². The first-order valence-corrected chi connectivity index (χ1v) is 9.56. The molecule has 0 aliphatic heterocycles. The van der Waals surface area contributed by atoms with Crippen molar-refractivity contribution in [2.75, 3.05) is 13.7 Å². The largest absolute Gasteiger partial charge is 0.479 e. The normalized spacial score (nSPS) is 11.7. The fourth-order valence-corrected chi connectivity index (χ4v) is 3.15. The third-order valence-corrected chi connectivity index (χ3v) is 4.55. The maximum Gasteiger partial charge on any atom is 0.416 e. The number of carbonyl (C=O) groups excluding carboxylic acids is 1. The Hall–Kier alpha value is -4.03. The molecule has 0 saturated carbocycles. The van der Waals surface area contributed by atoms with E-state index in [0.717, 1.165) is 12.1 Å². The molecule has 0 N–H and O–H groups in total. The Labute approximate surface area is 183 Å². The van der Waals surface area contributed by atoms with Crippen molar-refractivity contribution < 1.29 is 31.8 Å². The van der Waals surface area contributed by atoms with Gasteiger partial charge < -0.3 is 9.47 Å². The van der Waals surface area contributed by atoms with E-state index in [1.165, 1.54) is 35.1 Å². The molecule has 0 saturated heterocycles. The van der Waals surface area contributed by atoms with Crippen molar-refractivity contribution in [3.05, 3.63) is 59.3 Å². The summed E-state index contributed by atoms with van der Waals surface area (Å²) in [5, 5.41) is 8.19. The highest BCUT2D eigenvalue weighted by molar-refractivity contribution is 5.88. The van der Waals surface area contributed by atoms with Gasteiger partial charge in [-0.05, 0) is 30.7 Å². The molecule has 33 heavy (non-hydrogen) atoms. The number of carbonyl (C=O) groups is 1. The molecule has 4 rings (SSSR count). The maximum absolute atomic E-state index is 13.8. The van der Waals surface area contributed by atoms with Gasteiger partial charge in [-0.3, -0.25) is 4.68 Å². The van der Waals surface area contributed by atoms with E-state index in [2.05, 4.69) is 20.2 Å². The summed E-state index contributed by atoms with van der Waals surface area (Å²) in [7, 11) is 1.35. The number of hydrogen-bond acceptors (Lipinski definition) is 7. The minimum Gasteiger partial charge on any atom is -0.479 e. The van der Waals surface area contributed by atoms with Gasteiger partial charge in [0.1, 0.15) is 16.9 Å². The van der Waals surface area contributed by atoms with Crippen molar-refractivity contribution in [3.63, 3.8) is 0 Å². The van der Waals surface area contributed by atoms with Crippen LogP contribution in [-0.2, 0) is 17.5 Å². The second-order valence-electron chi connectivity index (χ2n) is 6.81. The van der Waals surface area contributed by atoms with Gasteiger partial charge in [0.15, 0.2) is 0 Å². The van der Waals surface area contributed by atoms with Crippen LogP contribution in [-0.4, -0.2) is 49.2 Å². The van der Waals surface area contributed by atoms with Gasteiger partial charge in [-0.2, -0.15) is 28.4 Å². The molecule has 172 valence electrons. The zero-order valence-corrected chi connectivity index (χ0v) is 17.3. The standard InChI is InChI=1S/C20H16F4N6O3/c1-3-33-18(31)12-7-25-30(10-12)19-27-15-8-26-29(16(15)17(28-19)32-2)9-11-4-13(20(22,23)24)6-14(21)5-11/h4-8,10H,3,9H2,1-2H3. The molecule has 3 heterocycles. The topological polar surface area (TPSA) is 97.0 Å². The minimum atomic E-state index is -4.69. The molecular weight excluding hydrogens is 448 g/mol. The van der Waals surface area contributed by atoms with Gasteiger partial charge in [0.25, 0.3) is 5.95 Å². The molecular formula is C20H16F4N6O3. The number of rotatable bonds is 6. The molecule has 0 bridgehead atoms. The van der Waals surface area contributed by atoms with Gasteiger partial charge in [0, 0.05) is 6.20 Å². The molecule has 0 unspecified atom stereocenters. The Kier molecular flexibility index (Phi) is 5.70. The number of ether oxygens (including phenoxy) is 2. The van der Waals surface area contributed by atoms with Crippen LogP contribution in [0.5, 0.6) is 5.88 Å². The molecule has 0 fully saturated rings. The Morgan fingerprint density at radius 2 is 1.91 bits per heavy atom. The molecule has 3 aromatic heterocycles. The molecule has 0 atom stereocenters. The van der Waals surface area contributed by atoms with Crippen molar-refractivity contribution in [2.45, 2.75) is 19.6 Å². The summed E-state index contributed by atoms with van der Waals surface area (Å²) < 4.78 is 65.7. The molecule has 0 radical (unpaired) electrons. The fourth-order valence-electron chi connectivity index (χ4n) is 3.15. The van der Waals surface area contributed by atoms with Crippen molar-refractivity contribution in [2.24, 2.45) is 0 Å². The predicted octanol–water partition coefficient (Wildman–Crippen LogP) is 3.40. The van der Waals surface area contributed by atoms with Gasteiger partial charge in [0.2, 0.25) is 5.88 Å². The quantitative estimate of drug-likeness (QED) is 0.319. The fraction of sp³-hybridized carbons (Fsp3) is 0.250. The first-order valence-electron chi connectivity index (χ1n) is 9.56. The van der Waals surface area contributed by atoms with E-state index in [-0.39, 0.29) is 41.6 Å². The highest BCUT2D eigenvalue weighted by Gasteiger charge is 2.31. The van der Waals surface area contributed by atoms with Crippen LogP contribution in [0.4, 0.5) is 17.6 Å². The number of halogens is 4. The summed E-state index contributed by atoms with van der Waals surface area (Å²) in [4.78, 5) is 20.4. The Morgan fingerprint density at radius 1 is 1.12 bits per heavy atom. The molecule has 0 aliphatic rings. The highest BCUT2D eigenvalue weighted by atomic mass is 19.4. The van der Waals surface area contributed by atoms with E-state index >= 15 is 0 Å². The number of esters is 1.